The first-order valence-electron chi connectivity index (χ1n) is 5.34. The van der Waals surface area contributed by atoms with Gasteiger partial charge < -0.3 is 5.32 Å². The second kappa shape index (κ2) is 5.63. The van der Waals surface area contributed by atoms with E-state index in [0.717, 1.165) is 23.5 Å². The zero-order chi connectivity index (χ0) is 14.0. The molecule has 1 heterocycles. The van der Waals surface area contributed by atoms with E-state index in [4.69, 9.17) is 11.6 Å². The first-order valence-corrected chi connectivity index (χ1v) is 6.60. The number of halogens is 3. The molecular formula is C12H9ClF2N2OS. The van der Waals surface area contributed by atoms with Gasteiger partial charge in [0.2, 0.25) is 0 Å². The fraction of sp³-hybridized carbons (Fsp3) is 0.167. The lowest BCUT2D eigenvalue weighted by molar-refractivity contribution is 0.0935. The number of carbonyl (C=O) groups is 1. The second-order valence-corrected chi connectivity index (χ2v) is 5.29. The van der Waals surface area contributed by atoms with E-state index in [-0.39, 0.29) is 10.2 Å². The summed E-state index contributed by atoms with van der Waals surface area (Å²) in [5.74, 6) is -2.29. The van der Waals surface area contributed by atoms with Crippen LogP contribution in [0.4, 0.5) is 8.78 Å². The van der Waals surface area contributed by atoms with Crippen molar-refractivity contribution in [1.82, 2.24) is 10.3 Å². The maximum Gasteiger partial charge on any atom is 0.271 e. The lowest BCUT2D eigenvalue weighted by Gasteiger charge is -2.13. The fourth-order valence-electron chi connectivity index (χ4n) is 1.49. The Kier molecular flexibility index (Phi) is 4.11. The summed E-state index contributed by atoms with van der Waals surface area (Å²) >= 11 is 6.78. The molecule has 0 aliphatic carbocycles. The first-order chi connectivity index (χ1) is 8.97. The minimum absolute atomic E-state index is 0.199. The Morgan fingerprint density at radius 3 is 2.74 bits per heavy atom. The predicted octanol–water partition coefficient (Wildman–Crippen LogP) is 3.57. The van der Waals surface area contributed by atoms with Crippen molar-refractivity contribution in [2.75, 3.05) is 0 Å². The number of rotatable bonds is 3. The molecule has 19 heavy (non-hydrogen) atoms. The molecule has 1 aromatic carbocycles. The van der Waals surface area contributed by atoms with Gasteiger partial charge in [-0.3, -0.25) is 4.79 Å². The van der Waals surface area contributed by atoms with Crippen LogP contribution in [0.5, 0.6) is 0 Å². The molecule has 1 N–H and O–H groups in total. The number of aromatic nitrogens is 1. The number of nitrogens with zero attached hydrogens (tertiary/aromatic N) is 1. The highest BCUT2D eigenvalue weighted by Gasteiger charge is 2.15. The molecule has 0 saturated heterocycles. The molecule has 1 atom stereocenters. The number of hydrogen-bond donors (Lipinski definition) is 1. The minimum Gasteiger partial charge on any atom is -0.344 e. The molecule has 0 saturated carbocycles. The monoisotopic (exact) mass is 302 g/mol. The summed E-state index contributed by atoms with van der Waals surface area (Å²) in [4.78, 5) is 15.6. The van der Waals surface area contributed by atoms with E-state index < -0.39 is 23.6 Å². The number of amides is 1. The lowest BCUT2D eigenvalue weighted by Crippen LogP contribution is -2.27. The molecule has 0 unspecified atom stereocenters. The minimum atomic E-state index is -0.949. The fourth-order valence-corrected chi connectivity index (χ4v) is 2.24. The van der Waals surface area contributed by atoms with Gasteiger partial charge in [0.25, 0.3) is 5.91 Å². The van der Waals surface area contributed by atoms with Crippen molar-refractivity contribution in [1.29, 1.82) is 0 Å². The van der Waals surface area contributed by atoms with Gasteiger partial charge in [-0.1, -0.05) is 17.7 Å². The average Bonchev–Trinajstić information content (AvgIpc) is 2.79. The normalized spacial score (nSPS) is 12.2. The van der Waals surface area contributed by atoms with Crippen LogP contribution in [0.1, 0.15) is 29.0 Å². The Balaban J connectivity index is 2.10. The lowest BCUT2D eigenvalue weighted by atomic mass is 10.1. The van der Waals surface area contributed by atoms with E-state index in [1.165, 1.54) is 11.4 Å². The molecule has 2 aromatic rings. The van der Waals surface area contributed by atoms with Crippen molar-refractivity contribution in [3.63, 3.8) is 0 Å². The highest BCUT2D eigenvalue weighted by molar-refractivity contribution is 7.14. The van der Waals surface area contributed by atoms with Gasteiger partial charge in [0.05, 0.1) is 6.04 Å². The Morgan fingerprint density at radius 1 is 1.42 bits per heavy atom. The summed E-state index contributed by atoms with van der Waals surface area (Å²) in [7, 11) is 0. The third-order valence-corrected chi connectivity index (χ3v) is 3.48. The molecule has 0 fully saturated rings. The van der Waals surface area contributed by atoms with E-state index in [2.05, 4.69) is 10.3 Å². The maximum absolute atomic E-state index is 13.1. The largest absolute Gasteiger partial charge is 0.344 e. The summed E-state index contributed by atoms with van der Waals surface area (Å²) in [6.07, 6.45) is 0. The molecule has 2 rings (SSSR count). The van der Waals surface area contributed by atoms with Crippen LogP contribution in [-0.2, 0) is 0 Å². The van der Waals surface area contributed by atoms with Gasteiger partial charge in [0.15, 0.2) is 16.1 Å². The van der Waals surface area contributed by atoms with Crippen molar-refractivity contribution in [3.8, 4) is 0 Å². The van der Waals surface area contributed by atoms with Gasteiger partial charge in [-0.25, -0.2) is 13.8 Å². The van der Waals surface area contributed by atoms with Crippen molar-refractivity contribution >= 4 is 28.8 Å². The molecule has 3 nitrogen and oxygen atoms in total. The zero-order valence-electron chi connectivity index (χ0n) is 9.78. The van der Waals surface area contributed by atoms with Crippen LogP contribution in [0.15, 0.2) is 23.6 Å². The van der Waals surface area contributed by atoms with Crippen LogP contribution in [0, 0.1) is 11.6 Å². The molecular weight excluding hydrogens is 294 g/mol. The van der Waals surface area contributed by atoms with Crippen LogP contribution in [0.25, 0.3) is 0 Å². The predicted molar refractivity (Wildman–Crippen MR) is 69.4 cm³/mol. The van der Waals surface area contributed by atoms with Crippen molar-refractivity contribution < 1.29 is 13.6 Å². The van der Waals surface area contributed by atoms with Gasteiger partial charge in [0.1, 0.15) is 5.69 Å². The standard InChI is InChI=1S/C12H9ClF2N2OS/c1-6(7-2-3-8(14)9(15)4-7)16-11(18)10-5-19-12(13)17-10/h2-6H,1H3,(H,16,18)/t6-/m0/s1. The molecule has 100 valence electrons. The average molecular weight is 303 g/mol. The zero-order valence-corrected chi connectivity index (χ0v) is 11.4. The van der Waals surface area contributed by atoms with E-state index in [1.54, 1.807) is 6.92 Å². The molecule has 0 aliphatic heterocycles. The maximum atomic E-state index is 13.1. The Labute approximate surface area is 117 Å². The molecule has 1 amide bonds. The Hall–Kier alpha value is -1.53. The quantitative estimate of drug-likeness (QED) is 0.942. The summed E-state index contributed by atoms with van der Waals surface area (Å²) in [5, 5.41) is 4.15. The smallest absolute Gasteiger partial charge is 0.271 e. The molecule has 0 radical (unpaired) electrons. The molecule has 7 heteroatoms. The molecule has 0 aliphatic rings. The highest BCUT2D eigenvalue weighted by atomic mass is 35.5. The molecule has 0 spiro atoms. The molecule has 1 aromatic heterocycles. The molecule has 0 bridgehead atoms. The van der Waals surface area contributed by atoms with E-state index in [9.17, 15) is 13.6 Å². The van der Waals surface area contributed by atoms with E-state index >= 15 is 0 Å². The Morgan fingerprint density at radius 2 is 2.16 bits per heavy atom. The summed E-state index contributed by atoms with van der Waals surface area (Å²) in [6, 6.07) is 3.02. The van der Waals surface area contributed by atoms with Gasteiger partial charge >= 0.3 is 0 Å². The van der Waals surface area contributed by atoms with Crippen molar-refractivity contribution in [2.24, 2.45) is 0 Å². The summed E-state index contributed by atoms with van der Waals surface area (Å²) in [6.45, 7) is 1.67. The number of benzene rings is 1. The number of nitrogens with one attached hydrogen (secondary N) is 1. The van der Waals surface area contributed by atoms with Crippen LogP contribution >= 0.6 is 22.9 Å². The Bertz CT molecular complexity index is 618. The first kappa shape index (κ1) is 13.9. The third-order valence-electron chi connectivity index (χ3n) is 2.50. The van der Waals surface area contributed by atoms with Crippen molar-refractivity contribution in [2.45, 2.75) is 13.0 Å². The van der Waals surface area contributed by atoms with Crippen LogP contribution in [-0.4, -0.2) is 10.9 Å². The van der Waals surface area contributed by atoms with Crippen molar-refractivity contribution in [3.05, 3.63) is 50.9 Å². The summed E-state index contributed by atoms with van der Waals surface area (Å²) in [5.41, 5.74) is 0.665. The van der Waals surface area contributed by atoms with Crippen LogP contribution in [0.3, 0.4) is 0 Å². The van der Waals surface area contributed by atoms with Crippen LogP contribution < -0.4 is 5.32 Å². The van der Waals surface area contributed by atoms with E-state index in [0.29, 0.717) is 5.56 Å². The summed E-state index contributed by atoms with van der Waals surface area (Å²) < 4.78 is 26.2. The van der Waals surface area contributed by atoms with E-state index in [1.807, 2.05) is 0 Å². The van der Waals surface area contributed by atoms with Gasteiger partial charge in [-0.2, -0.15) is 0 Å². The van der Waals surface area contributed by atoms with Gasteiger partial charge in [-0.15, -0.1) is 11.3 Å². The number of hydrogen-bond acceptors (Lipinski definition) is 3. The van der Waals surface area contributed by atoms with Gasteiger partial charge in [-0.05, 0) is 24.6 Å². The highest BCUT2D eigenvalue weighted by Crippen LogP contribution is 2.18. The topological polar surface area (TPSA) is 42.0 Å². The van der Waals surface area contributed by atoms with Gasteiger partial charge in [0, 0.05) is 5.38 Å². The number of carbonyl (C=O) groups excluding carboxylic acids is 1. The second-order valence-electron chi connectivity index (χ2n) is 3.85. The SMILES string of the molecule is C[C@H](NC(=O)c1csc(Cl)n1)c1ccc(F)c(F)c1. The third kappa shape index (κ3) is 3.27. The number of thiazole rings is 1. The van der Waals surface area contributed by atoms with Crippen LogP contribution in [0.2, 0.25) is 4.47 Å².